The van der Waals surface area contributed by atoms with Crippen LogP contribution in [-0.2, 0) is 17.8 Å². The quantitative estimate of drug-likeness (QED) is 0.607. The van der Waals surface area contributed by atoms with Crippen LogP contribution >= 0.6 is 0 Å². The van der Waals surface area contributed by atoms with E-state index in [1.165, 1.54) is 0 Å². The lowest BCUT2D eigenvalue weighted by molar-refractivity contribution is -0.121. The van der Waals surface area contributed by atoms with Gasteiger partial charge in [-0.15, -0.1) is 0 Å². The molecule has 0 radical (unpaired) electrons. The van der Waals surface area contributed by atoms with E-state index in [0.29, 0.717) is 17.2 Å². The molecule has 0 aliphatic carbocycles. The molecule has 1 saturated heterocycles. The van der Waals surface area contributed by atoms with Gasteiger partial charge in [0.25, 0.3) is 0 Å². The highest BCUT2D eigenvalue weighted by molar-refractivity contribution is 5.94. The van der Waals surface area contributed by atoms with E-state index >= 15 is 0 Å². The van der Waals surface area contributed by atoms with Crippen LogP contribution in [0.15, 0.2) is 65.3 Å². The Hall–Kier alpha value is -3.12. The van der Waals surface area contributed by atoms with Crippen molar-refractivity contribution >= 4 is 11.6 Å². The summed E-state index contributed by atoms with van der Waals surface area (Å²) in [6.45, 7) is 4.52. The van der Waals surface area contributed by atoms with Crippen LogP contribution in [0.5, 0.6) is 11.5 Å². The van der Waals surface area contributed by atoms with Gasteiger partial charge in [0.1, 0.15) is 17.3 Å². The molecule has 0 unspecified atom stereocenters. The van der Waals surface area contributed by atoms with Crippen LogP contribution in [0.1, 0.15) is 31.3 Å². The summed E-state index contributed by atoms with van der Waals surface area (Å²) < 4.78 is 11.7. The predicted molar refractivity (Wildman–Crippen MR) is 115 cm³/mol. The van der Waals surface area contributed by atoms with Crippen molar-refractivity contribution in [1.82, 2.24) is 9.88 Å². The molecular formula is C24H27N3O3. The molecule has 1 aromatic carbocycles. The topological polar surface area (TPSA) is 67.6 Å². The summed E-state index contributed by atoms with van der Waals surface area (Å²) >= 11 is 0. The van der Waals surface area contributed by atoms with E-state index in [2.05, 4.69) is 22.1 Å². The van der Waals surface area contributed by atoms with Gasteiger partial charge in [0.05, 0.1) is 24.3 Å². The van der Waals surface area contributed by atoms with Crippen molar-refractivity contribution < 1.29 is 13.9 Å². The lowest BCUT2D eigenvalue weighted by Crippen LogP contribution is -2.40. The van der Waals surface area contributed by atoms with Crippen LogP contribution in [0.3, 0.4) is 0 Å². The van der Waals surface area contributed by atoms with Crippen LogP contribution < -0.4 is 10.1 Å². The molecule has 30 heavy (non-hydrogen) atoms. The number of para-hydroxylation sites is 2. The Morgan fingerprint density at radius 3 is 2.87 bits per heavy atom. The summed E-state index contributed by atoms with van der Waals surface area (Å²) in [6, 6.07) is 15.2. The number of rotatable bonds is 7. The van der Waals surface area contributed by atoms with Crippen molar-refractivity contribution in [1.29, 1.82) is 0 Å². The van der Waals surface area contributed by atoms with Crippen LogP contribution in [0.2, 0.25) is 0 Å². The lowest BCUT2D eigenvalue weighted by atomic mass is 9.97. The van der Waals surface area contributed by atoms with E-state index in [-0.39, 0.29) is 11.8 Å². The molecule has 2 aromatic heterocycles. The Kier molecular flexibility index (Phi) is 6.44. The second kappa shape index (κ2) is 9.59. The number of furan rings is 1. The summed E-state index contributed by atoms with van der Waals surface area (Å²) in [5.74, 6) is 3.16. The van der Waals surface area contributed by atoms with E-state index in [1.807, 2.05) is 48.5 Å². The third-order valence-corrected chi connectivity index (χ3v) is 5.33. The Labute approximate surface area is 176 Å². The zero-order valence-electron chi connectivity index (χ0n) is 17.2. The molecule has 6 nitrogen and oxygen atoms in total. The first-order valence-corrected chi connectivity index (χ1v) is 10.5. The minimum Gasteiger partial charge on any atom is -0.465 e. The van der Waals surface area contributed by atoms with Crippen molar-refractivity contribution in [3.63, 3.8) is 0 Å². The number of hydrogen-bond donors (Lipinski definition) is 1. The highest BCUT2D eigenvalue weighted by Gasteiger charge is 2.27. The molecule has 1 aliphatic heterocycles. The second-order valence-electron chi connectivity index (χ2n) is 7.57. The molecule has 1 amide bonds. The average molecular weight is 405 g/mol. The summed E-state index contributed by atoms with van der Waals surface area (Å²) in [6.07, 6.45) is 6.11. The highest BCUT2D eigenvalue weighted by Crippen LogP contribution is 2.30. The van der Waals surface area contributed by atoms with Crippen LogP contribution in [0.4, 0.5) is 5.69 Å². The standard InChI is InChI=1S/C24H27N3O3/c1-2-19-11-12-21(29-19)17-27-14-6-7-18(16-27)24(28)26-22-9-3-4-10-23(22)30-20-8-5-13-25-15-20/h3-5,8-13,15,18H,2,6-7,14,16-17H2,1H3,(H,26,28)/t18-/m0/s1. The van der Waals surface area contributed by atoms with E-state index in [4.69, 9.17) is 9.15 Å². The van der Waals surface area contributed by atoms with Gasteiger partial charge in [-0.1, -0.05) is 19.1 Å². The van der Waals surface area contributed by atoms with Crippen molar-refractivity contribution in [3.8, 4) is 11.5 Å². The van der Waals surface area contributed by atoms with Crippen LogP contribution in [-0.4, -0.2) is 28.9 Å². The van der Waals surface area contributed by atoms with Gasteiger partial charge < -0.3 is 14.5 Å². The van der Waals surface area contributed by atoms with E-state index in [9.17, 15) is 4.79 Å². The SMILES string of the molecule is CCc1ccc(CN2CCC[C@H](C(=O)Nc3ccccc3Oc3cccnc3)C2)o1. The van der Waals surface area contributed by atoms with Crippen molar-refractivity contribution in [2.45, 2.75) is 32.7 Å². The number of pyridine rings is 1. The normalized spacial score (nSPS) is 16.9. The number of anilines is 1. The van der Waals surface area contributed by atoms with Gasteiger partial charge in [0, 0.05) is 19.2 Å². The fourth-order valence-corrected chi connectivity index (χ4v) is 3.76. The summed E-state index contributed by atoms with van der Waals surface area (Å²) in [7, 11) is 0. The molecule has 1 N–H and O–H groups in total. The number of aromatic nitrogens is 1. The predicted octanol–water partition coefficient (Wildman–Crippen LogP) is 4.88. The Morgan fingerprint density at radius 2 is 2.07 bits per heavy atom. The fourth-order valence-electron chi connectivity index (χ4n) is 3.76. The Balaban J connectivity index is 1.39. The van der Waals surface area contributed by atoms with Gasteiger partial charge in [-0.2, -0.15) is 0 Å². The van der Waals surface area contributed by atoms with Gasteiger partial charge in [-0.25, -0.2) is 0 Å². The number of ether oxygens (including phenoxy) is 1. The number of likely N-dealkylation sites (tertiary alicyclic amines) is 1. The Morgan fingerprint density at radius 1 is 1.20 bits per heavy atom. The molecule has 3 heterocycles. The maximum absolute atomic E-state index is 13.0. The van der Waals surface area contributed by atoms with Gasteiger partial charge in [-0.3, -0.25) is 14.7 Å². The third-order valence-electron chi connectivity index (χ3n) is 5.33. The molecule has 0 spiro atoms. The minimum atomic E-state index is -0.0641. The molecule has 6 heteroatoms. The molecule has 1 fully saturated rings. The first-order valence-electron chi connectivity index (χ1n) is 10.5. The molecule has 0 bridgehead atoms. The smallest absolute Gasteiger partial charge is 0.228 e. The van der Waals surface area contributed by atoms with Crippen molar-refractivity contribution in [2.75, 3.05) is 18.4 Å². The lowest BCUT2D eigenvalue weighted by Gasteiger charge is -2.31. The zero-order valence-corrected chi connectivity index (χ0v) is 17.2. The Bertz CT molecular complexity index is 971. The average Bonchev–Trinajstić information content (AvgIpc) is 3.23. The van der Waals surface area contributed by atoms with Gasteiger partial charge in [-0.05, 0) is 55.8 Å². The summed E-state index contributed by atoms with van der Waals surface area (Å²) in [4.78, 5) is 19.4. The minimum absolute atomic E-state index is 0.0237. The molecule has 0 saturated carbocycles. The number of piperidine rings is 1. The maximum Gasteiger partial charge on any atom is 0.228 e. The van der Waals surface area contributed by atoms with E-state index in [0.717, 1.165) is 50.4 Å². The molecule has 1 aliphatic rings. The summed E-state index contributed by atoms with van der Waals surface area (Å²) in [5, 5.41) is 3.06. The first-order chi connectivity index (χ1) is 14.7. The first kappa shape index (κ1) is 20.2. The molecule has 3 aromatic rings. The van der Waals surface area contributed by atoms with Gasteiger partial charge in [0.15, 0.2) is 5.75 Å². The molecule has 1 atom stereocenters. The molecule has 4 rings (SSSR count). The number of aryl methyl sites for hydroxylation is 1. The number of nitrogens with zero attached hydrogens (tertiary/aromatic N) is 2. The molecular weight excluding hydrogens is 378 g/mol. The molecule has 156 valence electrons. The van der Waals surface area contributed by atoms with Crippen LogP contribution in [0, 0.1) is 5.92 Å². The highest BCUT2D eigenvalue weighted by atomic mass is 16.5. The monoisotopic (exact) mass is 405 g/mol. The number of nitrogens with one attached hydrogen (secondary N) is 1. The fraction of sp³-hybridized carbons (Fsp3) is 0.333. The van der Waals surface area contributed by atoms with E-state index < -0.39 is 0 Å². The van der Waals surface area contributed by atoms with Crippen molar-refractivity contribution in [3.05, 3.63) is 72.4 Å². The number of hydrogen-bond acceptors (Lipinski definition) is 5. The van der Waals surface area contributed by atoms with Crippen molar-refractivity contribution in [2.24, 2.45) is 5.92 Å². The van der Waals surface area contributed by atoms with E-state index in [1.54, 1.807) is 12.4 Å². The second-order valence-corrected chi connectivity index (χ2v) is 7.57. The summed E-state index contributed by atoms with van der Waals surface area (Å²) in [5.41, 5.74) is 0.669. The number of benzene rings is 1. The number of amides is 1. The largest absolute Gasteiger partial charge is 0.465 e. The maximum atomic E-state index is 13.0. The third kappa shape index (κ3) is 5.07. The van der Waals surface area contributed by atoms with Gasteiger partial charge >= 0.3 is 0 Å². The zero-order chi connectivity index (χ0) is 20.8. The number of carbonyl (C=O) groups excluding carboxylic acids is 1. The van der Waals surface area contributed by atoms with Crippen LogP contribution in [0.25, 0.3) is 0 Å². The number of carbonyl (C=O) groups is 1. The van der Waals surface area contributed by atoms with Gasteiger partial charge in [0.2, 0.25) is 5.91 Å².